The Labute approximate surface area is 135 Å². The molecule has 0 saturated heterocycles. The Hall–Kier alpha value is -1.24. The Bertz CT molecular complexity index is 567. The molecular formula is C21H30O. The molecule has 0 N–H and O–H groups in total. The monoisotopic (exact) mass is 298 g/mol. The van der Waals surface area contributed by atoms with Gasteiger partial charge >= 0.3 is 0 Å². The highest BCUT2D eigenvalue weighted by molar-refractivity contribution is 5.44. The molecule has 1 heterocycles. The first-order chi connectivity index (χ1) is 10.5. The van der Waals surface area contributed by atoms with Crippen molar-refractivity contribution in [1.82, 2.24) is 0 Å². The van der Waals surface area contributed by atoms with Crippen LogP contribution in [0.4, 0.5) is 0 Å². The zero-order valence-electron chi connectivity index (χ0n) is 14.6. The molecule has 1 aliphatic heterocycles. The van der Waals surface area contributed by atoms with Crippen LogP contribution < -0.4 is 4.74 Å². The average molecular weight is 298 g/mol. The van der Waals surface area contributed by atoms with Gasteiger partial charge in [0, 0.05) is 5.92 Å². The Morgan fingerprint density at radius 3 is 2.82 bits per heavy atom. The first-order valence-corrected chi connectivity index (χ1v) is 8.98. The predicted octanol–water partition coefficient (Wildman–Crippen LogP) is 6.03. The van der Waals surface area contributed by atoms with Crippen molar-refractivity contribution >= 4 is 0 Å². The molecule has 3 rings (SSSR count). The van der Waals surface area contributed by atoms with Gasteiger partial charge in [-0.3, -0.25) is 0 Å². The summed E-state index contributed by atoms with van der Waals surface area (Å²) in [5.41, 5.74) is 4.36. The summed E-state index contributed by atoms with van der Waals surface area (Å²) >= 11 is 0. The van der Waals surface area contributed by atoms with Crippen LogP contribution >= 0.6 is 0 Å². The van der Waals surface area contributed by atoms with Crippen LogP contribution in [0.25, 0.3) is 0 Å². The molecule has 2 aliphatic rings. The fraction of sp³-hybridized carbons (Fsp3) is 0.619. The Morgan fingerprint density at radius 2 is 2.05 bits per heavy atom. The molecule has 1 nitrogen and oxygen atoms in total. The molecule has 1 aromatic carbocycles. The van der Waals surface area contributed by atoms with E-state index in [2.05, 4.69) is 52.0 Å². The molecule has 0 fully saturated rings. The maximum Gasteiger partial charge on any atom is 0.123 e. The van der Waals surface area contributed by atoms with E-state index < -0.39 is 0 Å². The van der Waals surface area contributed by atoms with E-state index in [1.165, 1.54) is 48.8 Å². The molecule has 0 spiro atoms. The number of fused-ring (bicyclic) bond motifs is 3. The van der Waals surface area contributed by atoms with Gasteiger partial charge in [0.2, 0.25) is 0 Å². The predicted molar refractivity (Wildman–Crippen MR) is 93.6 cm³/mol. The van der Waals surface area contributed by atoms with E-state index in [9.17, 15) is 0 Å². The smallest absolute Gasteiger partial charge is 0.123 e. The molecule has 22 heavy (non-hydrogen) atoms. The van der Waals surface area contributed by atoms with Crippen molar-refractivity contribution in [2.45, 2.75) is 77.7 Å². The highest BCUT2D eigenvalue weighted by Crippen LogP contribution is 2.51. The van der Waals surface area contributed by atoms with Crippen LogP contribution in [0.3, 0.4) is 0 Å². The number of aryl methyl sites for hydroxylation is 1. The van der Waals surface area contributed by atoms with Gasteiger partial charge in [0.25, 0.3) is 0 Å². The summed E-state index contributed by atoms with van der Waals surface area (Å²) < 4.78 is 6.44. The zero-order valence-corrected chi connectivity index (χ0v) is 14.6. The second-order valence-corrected chi connectivity index (χ2v) is 7.74. The fourth-order valence-electron chi connectivity index (χ4n) is 4.23. The molecule has 1 aromatic rings. The standard InChI is InChI=1S/C21H30O/c1-5-6-7-8-16-10-11-17-18-13-15(2)9-12-19(18)21(3,4)22-20(17)14-16/h9-11,14,18-19H,5-8,12-13H2,1-4H3. The summed E-state index contributed by atoms with van der Waals surface area (Å²) in [6.07, 6.45) is 9.82. The maximum atomic E-state index is 6.44. The number of rotatable bonds is 4. The quantitative estimate of drug-likeness (QED) is 0.487. The second-order valence-electron chi connectivity index (χ2n) is 7.74. The average Bonchev–Trinajstić information content (AvgIpc) is 2.46. The first-order valence-electron chi connectivity index (χ1n) is 8.98. The van der Waals surface area contributed by atoms with E-state index in [1.54, 1.807) is 0 Å². The van der Waals surface area contributed by atoms with Crippen LogP contribution in [0, 0.1) is 5.92 Å². The summed E-state index contributed by atoms with van der Waals surface area (Å²) in [5.74, 6) is 2.39. The van der Waals surface area contributed by atoms with Crippen LogP contribution in [-0.4, -0.2) is 5.60 Å². The molecule has 1 aliphatic carbocycles. The van der Waals surface area contributed by atoms with E-state index in [4.69, 9.17) is 4.74 Å². The lowest BCUT2D eigenvalue weighted by Gasteiger charge is -2.47. The Morgan fingerprint density at radius 1 is 1.23 bits per heavy atom. The van der Waals surface area contributed by atoms with Gasteiger partial charge < -0.3 is 4.74 Å². The SMILES string of the molecule is CCCCCc1ccc2c(c1)OC(C)(C)C1CC=C(C)CC21. The molecule has 0 amide bonds. The van der Waals surface area contributed by atoms with Crippen molar-refractivity contribution in [3.8, 4) is 5.75 Å². The van der Waals surface area contributed by atoms with Crippen molar-refractivity contribution in [1.29, 1.82) is 0 Å². The van der Waals surface area contributed by atoms with E-state index in [-0.39, 0.29) is 5.60 Å². The maximum absolute atomic E-state index is 6.44. The summed E-state index contributed by atoms with van der Waals surface area (Å²) in [5, 5.41) is 0. The molecule has 2 atom stereocenters. The van der Waals surface area contributed by atoms with Gasteiger partial charge in [-0.05, 0) is 69.6 Å². The highest BCUT2D eigenvalue weighted by atomic mass is 16.5. The van der Waals surface area contributed by atoms with Gasteiger partial charge in [0.05, 0.1) is 0 Å². The van der Waals surface area contributed by atoms with Gasteiger partial charge in [-0.2, -0.15) is 0 Å². The third-order valence-corrected chi connectivity index (χ3v) is 5.56. The zero-order chi connectivity index (χ0) is 15.7. The summed E-state index contributed by atoms with van der Waals surface area (Å²) in [6, 6.07) is 7.00. The van der Waals surface area contributed by atoms with Gasteiger partial charge in [0.1, 0.15) is 11.4 Å². The number of hydrogen-bond donors (Lipinski definition) is 0. The molecule has 0 saturated carbocycles. The number of hydrogen-bond acceptors (Lipinski definition) is 1. The summed E-state index contributed by atoms with van der Waals surface area (Å²) in [7, 11) is 0. The van der Waals surface area contributed by atoms with Crippen LogP contribution in [0.5, 0.6) is 5.75 Å². The number of unbranched alkanes of at least 4 members (excludes halogenated alkanes) is 2. The van der Waals surface area contributed by atoms with Gasteiger partial charge in [0.15, 0.2) is 0 Å². The van der Waals surface area contributed by atoms with E-state index in [0.717, 1.165) is 12.2 Å². The molecule has 0 aromatic heterocycles. The second kappa shape index (κ2) is 6.10. The van der Waals surface area contributed by atoms with Crippen molar-refractivity contribution in [2.75, 3.05) is 0 Å². The number of benzene rings is 1. The molecule has 1 heteroatoms. The Balaban J connectivity index is 1.88. The highest BCUT2D eigenvalue weighted by Gasteiger charge is 2.44. The number of ether oxygens (including phenoxy) is 1. The molecule has 0 bridgehead atoms. The summed E-state index contributed by atoms with van der Waals surface area (Å²) in [6.45, 7) is 9.08. The van der Waals surface area contributed by atoms with E-state index in [0.29, 0.717) is 11.8 Å². The molecule has 120 valence electrons. The van der Waals surface area contributed by atoms with Gasteiger partial charge in [-0.15, -0.1) is 0 Å². The van der Waals surface area contributed by atoms with Gasteiger partial charge in [-0.1, -0.05) is 43.5 Å². The van der Waals surface area contributed by atoms with Crippen molar-refractivity contribution in [2.24, 2.45) is 5.92 Å². The van der Waals surface area contributed by atoms with Crippen LogP contribution in [0.15, 0.2) is 29.8 Å². The summed E-state index contributed by atoms with van der Waals surface area (Å²) in [4.78, 5) is 0. The largest absolute Gasteiger partial charge is 0.487 e. The lowest BCUT2D eigenvalue weighted by molar-refractivity contribution is 0.00848. The normalized spacial score (nSPS) is 25.7. The lowest BCUT2D eigenvalue weighted by atomic mass is 9.67. The minimum atomic E-state index is -0.0586. The molecule has 2 unspecified atom stereocenters. The third-order valence-electron chi connectivity index (χ3n) is 5.56. The van der Waals surface area contributed by atoms with E-state index >= 15 is 0 Å². The fourth-order valence-corrected chi connectivity index (χ4v) is 4.23. The Kier molecular flexibility index (Phi) is 4.34. The van der Waals surface area contributed by atoms with Crippen molar-refractivity contribution in [3.05, 3.63) is 41.0 Å². The molecular weight excluding hydrogens is 268 g/mol. The van der Waals surface area contributed by atoms with Crippen molar-refractivity contribution in [3.63, 3.8) is 0 Å². The van der Waals surface area contributed by atoms with E-state index in [1.807, 2.05) is 0 Å². The van der Waals surface area contributed by atoms with Crippen LogP contribution in [0.1, 0.15) is 76.8 Å². The topological polar surface area (TPSA) is 9.23 Å². The minimum absolute atomic E-state index is 0.0586. The first kappa shape index (κ1) is 15.6. The third kappa shape index (κ3) is 2.95. The van der Waals surface area contributed by atoms with Crippen LogP contribution in [0.2, 0.25) is 0 Å². The van der Waals surface area contributed by atoms with Crippen molar-refractivity contribution < 1.29 is 4.74 Å². The van der Waals surface area contributed by atoms with Gasteiger partial charge in [-0.25, -0.2) is 0 Å². The molecule has 0 radical (unpaired) electrons. The number of allylic oxidation sites excluding steroid dienone is 2. The minimum Gasteiger partial charge on any atom is -0.487 e. The van der Waals surface area contributed by atoms with Crippen LogP contribution in [-0.2, 0) is 6.42 Å². The lowest BCUT2D eigenvalue weighted by Crippen LogP contribution is -2.45.